The highest BCUT2D eigenvalue weighted by Crippen LogP contribution is 2.40. The Hall–Kier alpha value is -2.69. The van der Waals surface area contributed by atoms with Gasteiger partial charge in [0.2, 0.25) is 0 Å². The fourth-order valence-corrected chi connectivity index (χ4v) is 4.20. The number of aromatic nitrogens is 1. The van der Waals surface area contributed by atoms with Gasteiger partial charge in [-0.2, -0.15) is 0 Å². The second-order valence-corrected chi connectivity index (χ2v) is 7.70. The largest absolute Gasteiger partial charge is 0.326 e. The molecule has 5 heteroatoms. The minimum absolute atomic E-state index is 0.0863. The number of pyridine rings is 1. The van der Waals surface area contributed by atoms with Gasteiger partial charge in [-0.1, -0.05) is 35.9 Å². The van der Waals surface area contributed by atoms with E-state index in [0.717, 1.165) is 44.8 Å². The van der Waals surface area contributed by atoms with Crippen molar-refractivity contribution < 1.29 is 4.79 Å². The number of anilines is 1. The average molecular weight is 392 g/mol. The van der Waals surface area contributed by atoms with E-state index < -0.39 is 0 Å². The van der Waals surface area contributed by atoms with Crippen LogP contribution in [0.3, 0.4) is 0 Å². The summed E-state index contributed by atoms with van der Waals surface area (Å²) in [5.74, 6) is -0.0863. The number of aryl methyl sites for hydroxylation is 3. The van der Waals surface area contributed by atoms with Gasteiger partial charge in [-0.05, 0) is 61.2 Å². The summed E-state index contributed by atoms with van der Waals surface area (Å²) in [6.45, 7) is 6.72. The summed E-state index contributed by atoms with van der Waals surface area (Å²) in [7, 11) is 0. The SMILES string of the molecule is Cc1cccc(N2Cc3c(nc(C)c(CN)c3-c3ccc(C)cc3Cl)C2=O)c1. The molecule has 1 aliphatic heterocycles. The van der Waals surface area contributed by atoms with Crippen LogP contribution in [0.2, 0.25) is 5.02 Å². The van der Waals surface area contributed by atoms with Crippen molar-refractivity contribution in [2.45, 2.75) is 33.9 Å². The van der Waals surface area contributed by atoms with Gasteiger partial charge in [-0.3, -0.25) is 4.79 Å². The first-order chi connectivity index (χ1) is 13.4. The molecule has 0 bridgehead atoms. The molecule has 1 aromatic heterocycles. The zero-order valence-electron chi connectivity index (χ0n) is 16.2. The normalized spacial score (nSPS) is 13.2. The fraction of sp³-hybridized carbons (Fsp3) is 0.217. The Labute approximate surface area is 170 Å². The Morgan fingerprint density at radius 3 is 2.54 bits per heavy atom. The summed E-state index contributed by atoms with van der Waals surface area (Å²) in [4.78, 5) is 19.6. The Morgan fingerprint density at radius 1 is 1.11 bits per heavy atom. The third-order valence-electron chi connectivity index (χ3n) is 5.28. The lowest BCUT2D eigenvalue weighted by Gasteiger charge is -2.18. The topological polar surface area (TPSA) is 59.2 Å². The van der Waals surface area contributed by atoms with Gasteiger partial charge in [-0.25, -0.2) is 4.98 Å². The molecular weight excluding hydrogens is 370 g/mol. The fourth-order valence-electron chi connectivity index (χ4n) is 3.87. The van der Waals surface area contributed by atoms with Crippen LogP contribution in [-0.4, -0.2) is 10.9 Å². The number of nitrogens with two attached hydrogens (primary N) is 1. The zero-order chi connectivity index (χ0) is 20.0. The van der Waals surface area contributed by atoms with E-state index in [9.17, 15) is 4.79 Å². The minimum atomic E-state index is -0.0863. The highest BCUT2D eigenvalue weighted by Gasteiger charge is 2.34. The highest BCUT2D eigenvalue weighted by molar-refractivity contribution is 6.33. The predicted molar refractivity (Wildman–Crippen MR) is 114 cm³/mol. The molecule has 3 aromatic rings. The number of benzene rings is 2. The van der Waals surface area contributed by atoms with Gasteiger partial charge in [0.1, 0.15) is 5.69 Å². The Balaban J connectivity index is 1.93. The van der Waals surface area contributed by atoms with Crippen LogP contribution >= 0.6 is 11.6 Å². The molecular formula is C23H22ClN3O. The number of hydrogen-bond donors (Lipinski definition) is 1. The van der Waals surface area contributed by atoms with Crippen LogP contribution in [0.5, 0.6) is 0 Å². The standard InChI is InChI=1S/C23H22ClN3O/c1-13-5-4-6-16(9-13)27-12-19-21(17-8-7-14(2)10-20(17)24)18(11-25)15(3)26-22(19)23(27)28/h4-10H,11-12,25H2,1-3H3. The monoisotopic (exact) mass is 391 g/mol. The van der Waals surface area contributed by atoms with Gasteiger partial charge in [-0.15, -0.1) is 0 Å². The van der Waals surface area contributed by atoms with Crippen LogP contribution in [0.25, 0.3) is 11.1 Å². The molecule has 0 spiro atoms. The molecule has 1 amide bonds. The number of nitrogens with zero attached hydrogens (tertiary/aromatic N) is 2. The van der Waals surface area contributed by atoms with E-state index in [1.54, 1.807) is 4.90 Å². The summed E-state index contributed by atoms with van der Waals surface area (Å²) in [5.41, 5.74) is 14.1. The Bertz CT molecular complexity index is 1110. The third kappa shape index (κ3) is 2.99. The van der Waals surface area contributed by atoms with Crippen LogP contribution in [0.1, 0.15) is 38.4 Å². The van der Waals surface area contributed by atoms with Crippen molar-refractivity contribution in [1.29, 1.82) is 0 Å². The maximum Gasteiger partial charge on any atom is 0.277 e. The van der Waals surface area contributed by atoms with Gasteiger partial charge in [0.05, 0.1) is 6.54 Å². The molecule has 0 unspecified atom stereocenters. The Kier molecular flexibility index (Phi) is 4.69. The first-order valence-corrected chi connectivity index (χ1v) is 9.66. The van der Waals surface area contributed by atoms with Gasteiger partial charge < -0.3 is 10.6 Å². The van der Waals surface area contributed by atoms with E-state index in [4.69, 9.17) is 17.3 Å². The lowest BCUT2D eigenvalue weighted by atomic mass is 9.92. The van der Waals surface area contributed by atoms with Gasteiger partial charge in [0.25, 0.3) is 5.91 Å². The van der Waals surface area contributed by atoms with E-state index in [2.05, 4.69) is 4.98 Å². The van der Waals surface area contributed by atoms with Gasteiger partial charge in [0.15, 0.2) is 0 Å². The maximum absolute atomic E-state index is 13.2. The molecule has 4 nitrogen and oxygen atoms in total. The van der Waals surface area contributed by atoms with Crippen molar-refractivity contribution in [3.8, 4) is 11.1 Å². The van der Waals surface area contributed by atoms with Crippen LogP contribution in [0.15, 0.2) is 42.5 Å². The van der Waals surface area contributed by atoms with E-state index in [-0.39, 0.29) is 5.91 Å². The van der Waals surface area contributed by atoms with Crippen LogP contribution in [-0.2, 0) is 13.1 Å². The molecule has 0 radical (unpaired) electrons. The van der Waals surface area contributed by atoms with Crippen molar-refractivity contribution in [2.75, 3.05) is 4.90 Å². The number of carbonyl (C=O) groups is 1. The lowest BCUT2D eigenvalue weighted by Crippen LogP contribution is -2.23. The van der Waals surface area contributed by atoms with E-state index in [1.807, 2.05) is 63.2 Å². The molecule has 0 fully saturated rings. The summed E-state index contributed by atoms with van der Waals surface area (Å²) in [5, 5.41) is 0.656. The number of rotatable bonds is 3. The van der Waals surface area contributed by atoms with E-state index in [0.29, 0.717) is 23.8 Å². The number of halogens is 1. The van der Waals surface area contributed by atoms with Crippen molar-refractivity contribution in [3.63, 3.8) is 0 Å². The molecule has 0 atom stereocenters. The minimum Gasteiger partial charge on any atom is -0.326 e. The molecule has 1 aliphatic rings. The maximum atomic E-state index is 13.2. The van der Waals surface area contributed by atoms with Crippen LogP contribution in [0, 0.1) is 20.8 Å². The lowest BCUT2D eigenvalue weighted by molar-refractivity contribution is 0.0992. The number of fused-ring (bicyclic) bond motifs is 1. The first kappa shape index (κ1) is 18.7. The molecule has 142 valence electrons. The molecule has 0 aliphatic carbocycles. The molecule has 2 N–H and O–H groups in total. The summed E-state index contributed by atoms with van der Waals surface area (Å²) in [6.07, 6.45) is 0. The molecule has 4 rings (SSSR count). The van der Waals surface area contributed by atoms with Crippen molar-refractivity contribution >= 4 is 23.2 Å². The summed E-state index contributed by atoms with van der Waals surface area (Å²) in [6, 6.07) is 13.9. The summed E-state index contributed by atoms with van der Waals surface area (Å²) >= 11 is 6.60. The smallest absolute Gasteiger partial charge is 0.277 e. The zero-order valence-corrected chi connectivity index (χ0v) is 17.0. The molecule has 2 heterocycles. The number of hydrogen-bond acceptors (Lipinski definition) is 3. The van der Waals surface area contributed by atoms with E-state index in [1.165, 1.54) is 0 Å². The number of amides is 1. The highest BCUT2D eigenvalue weighted by atomic mass is 35.5. The van der Waals surface area contributed by atoms with Crippen LogP contribution < -0.4 is 10.6 Å². The second kappa shape index (κ2) is 7.04. The predicted octanol–water partition coefficient (Wildman–Crippen LogP) is 4.95. The number of carbonyl (C=O) groups excluding carboxylic acids is 1. The molecule has 28 heavy (non-hydrogen) atoms. The van der Waals surface area contributed by atoms with Crippen molar-refractivity contribution in [2.24, 2.45) is 5.73 Å². The summed E-state index contributed by atoms with van der Waals surface area (Å²) < 4.78 is 0. The molecule has 0 saturated carbocycles. The molecule has 2 aromatic carbocycles. The van der Waals surface area contributed by atoms with Crippen LogP contribution in [0.4, 0.5) is 5.69 Å². The average Bonchev–Trinajstić information content (AvgIpc) is 2.97. The van der Waals surface area contributed by atoms with Crippen molar-refractivity contribution in [1.82, 2.24) is 4.98 Å². The van der Waals surface area contributed by atoms with Crippen molar-refractivity contribution in [3.05, 3.63) is 81.1 Å². The first-order valence-electron chi connectivity index (χ1n) is 9.28. The molecule has 0 saturated heterocycles. The Morgan fingerprint density at radius 2 is 1.86 bits per heavy atom. The quantitative estimate of drug-likeness (QED) is 0.687. The van der Waals surface area contributed by atoms with Gasteiger partial charge in [0, 0.05) is 34.1 Å². The van der Waals surface area contributed by atoms with Gasteiger partial charge >= 0.3 is 0 Å². The van der Waals surface area contributed by atoms with E-state index >= 15 is 0 Å². The third-order valence-corrected chi connectivity index (χ3v) is 5.59. The second-order valence-electron chi connectivity index (χ2n) is 7.30.